The molecule has 0 spiro atoms. The van der Waals surface area contributed by atoms with Crippen LogP contribution in [0.25, 0.3) is 17.4 Å². The average molecular weight is 711 g/mol. The molecule has 0 bridgehead atoms. The maximum Gasteiger partial charge on any atom is 0.272 e. The van der Waals surface area contributed by atoms with Gasteiger partial charge in [0.05, 0.1) is 5.75 Å². The monoisotopic (exact) mass is 709 g/mol. The molecule has 5 aromatic rings. The van der Waals surface area contributed by atoms with Crippen LogP contribution >= 0.6 is 27.7 Å². The number of carbonyl (C=O) groups is 3. The number of nitrogens with one attached hydrogen (secondary N) is 3. The van der Waals surface area contributed by atoms with E-state index in [1.807, 2.05) is 60.7 Å². The van der Waals surface area contributed by atoms with Gasteiger partial charge < -0.3 is 29.8 Å². The second kappa shape index (κ2) is 14.9. The van der Waals surface area contributed by atoms with E-state index in [9.17, 15) is 14.4 Å². The van der Waals surface area contributed by atoms with Crippen LogP contribution in [0.1, 0.15) is 21.7 Å². The summed E-state index contributed by atoms with van der Waals surface area (Å²) in [5, 5.41) is 8.46. The van der Waals surface area contributed by atoms with Crippen molar-refractivity contribution in [2.45, 2.75) is 11.4 Å². The Bertz CT molecular complexity index is 1920. The smallest absolute Gasteiger partial charge is 0.272 e. The van der Waals surface area contributed by atoms with E-state index in [2.05, 4.69) is 31.9 Å². The molecular formula is C36H28BrN3O6S. The third-order valence-electron chi connectivity index (χ3n) is 6.98. The van der Waals surface area contributed by atoms with E-state index < -0.39 is 11.8 Å². The zero-order valence-corrected chi connectivity index (χ0v) is 27.2. The first-order valence-corrected chi connectivity index (χ1v) is 16.3. The third-order valence-corrected chi connectivity index (χ3v) is 8.52. The molecule has 3 N–H and O–H groups in total. The van der Waals surface area contributed by atoms with Gasteiger partial charge in [0, 0.05) is 38.8 Å². The molecule has 4 aromatic carbocycles. The molecule has 0 atom stereocenters. The number of rotatable bonds is 11. The molecule has 1 aromatic heterocycles. The lowest BCUT2D eigenvalue weighted by Crippen LogP contribution is -2.30. The second-order valence-corrected chi connectivity index (χ2v) is 12.3. The van der Waals surface area contributed by atoms with Crippen molar-refractivity contribution in [1.82, 2.24) is 10.6 Å². The maximum atomic E-state index is 13.4. The topological polar surface area (TPSA) is 119 Å². The Kier molecular flexibility index (Phi) is 10.0. The zero-order valence-electron chi connectivity index (χ0n) is 24.8. The summed E-state index contributed by atoms with van der Waals surface area (Å²) in [5.74, 6) is 1.52. The summed E-state index contributed by atoms with van der Waals surface area (Å²) in [6, 6.07) is 32.5. The molecule has 1 aliphatic rings. The van der Waals surface area contributed by atoms with Gasteiger partial charge in [-0.05, 0) is 78.4 Å². The summed E-state index contributed by atoms with van der Waals surface area (Å²) >= 11 is 4.80. The summed E-state index contributed by atoms with van der Waals surface area (Å²) < 4.78 is 17.6. The fraction of sp³-hybridized carbons (Fsp3) is 0.0833. The van der Waals surface area contributed by atoms with E-state index in [0.717, 1.165) is 20.5 Å². The predicted molar refractivity (Wildman–Crippen MR) is 184 cm³/mol. The van der Waals surface area contributed by atoms with Crippen LogP contribution in [-0.2, 0) is 16.1 Å². The molecule has 2 heterocycles. The van der Waals surface area contributed by atoms with Crippen molar-refractivity contribution in [2.75, 3.05) is 17.9 Å². The molecule has 9 nitrogen and oxygen atoms in total. The Morgan fingerprint density at radius 2 is 1.60 bits per heavy atom. The van der Waals surface area contributed by atoms with E-state index in [1.54, 1.807) is 48.5 Å². The highest BCUT2D eigenvalue weighted by atomic mass is 79.9. The molecule has 1 aliphatic heterocycles. The highest BCUT2D eigenvalue weighted by Gasteiger charge is 2.17. The molecule has 0 saturated carbocycles. The van der Waals surface area contributed by atoms with Gasteiger partial charge in [0.2, 0.25) is 12.7 Å². The van der Waals surface area contributed by atoms with Gasteiger partial charge in [-0.3, -0.25) is 14.4 Å². The van der Waals surface area contributed by atoms with E-state index in [-0.39, 0.29) is 24.2 Å². The number of furan rings is 1. The van der Waals surface area contributed by atoms with E-state index in [0.29, 0.717) is 40.8 Å². The largest absolute Gasteiger partial charge is 0.457 e. The molecular weight excluding hydrogens is 682 g/mol. The van der Waals surface area contributed by atoms with Crippen molar-refractivity contribution in [3.8, 4) is 22.8 Å². The van der Waals surface area contributed by atoms with E-state index in [4.69, 9.17) is 13.9 Å². The Morgan fingerprint density at radius 3 is 2.38 bits per heavy atom. The van der Waals surface area contributed by atoms with Gasteiger partial charge in [-0.25, -0.2) is 0 Å². The standard InChI is InChI=1S/C36H28BrN3O6S/c37-26-9-7-24(8-10-26)31-17-13-28(46-31)19-30(40-35(42)25-4-2-1-3-5-25)36(43)39-27-11-14-29(15-12-27)47-21-34(41)38-20-23-6-16-32-33(18-23)45-22-44-32/h1-19H,20-22H2,(H,38,41)(H,39,43)(H,40,42). The number of hydrogen-bond acceptors (Lipinski definition) is 7. The molecule has 11 heteroatoms. The highest BCUT2D eigenvalue weighted by Crippen LogP contribution is 2.32. The second-order valence-electron chi connectivity index (χ2n) is 10.3. The van der Waals surface area contributed by atoms with Crippen LogP contribution < -0.4 is 25.4 Å². The van der Waals surface area contributed by atoms with Gasteiger partial charge in [-0.15, -0.1) is 11.8 Å². The SMILES string of the molecule is O=C(CSc1ccc(NC(=O)C(=Cc2ccc(-c3ccc(Br)cc3)o2)NC(=O)c2ccccc2)cc1)NCc1ccc2c(c1)OCO2. The van der Waals surface area contributed by atoms with Gasteiger partial charge in [0.15, 0.2) is 11.5 Å². The zero-order chi connectivity index (χ0) is 32.6. The van der Waals surface area contributed by atoms with Crippen LogP contribution in [0.2, 0.25) is 0 Å². The van der Waals surface area contributed by atoms with Crippen molar-refractivity contribution >= 4 is 57.2 Å². The minimum absolute atomic E-state index is 0.00754. The summed E-state index contributed by atoms with van der Waals surface area (Å²) in [7, 11) is 0. The number of hydrogen-bond donors (Lipinski definition) is 3. The van der Waals surface area contributed by atoms with Crippen molar-refractivity contribution < 1.29 is 28.3 Å². The molecule has 6 rings (SSSR count). The Morgan fingerprint density at radius 1 is 0.830 bits per heavy atom. The van der Waals surface area contributed by atoms with Crippen LogP contribution in [-0.4, -0.2) is 30.3 Å². The summed E-state index contributed by atoms with van der Waals surface area (Å²) in [4.78, 5) is 39.7. The van der Waals surface area contributed by atoms with Gasteiger partial charge in [-0.1, -0.05) is 52.3 Å². The molecule has 0 aliphatic carbocycles. The fourth-order valence-electron chi connectivity index (χ4n) is 4.57. The molecule has 3 amide bonds. The van der Waals surface area contributed by atoms with Crippen LogP contribution in [0.4, 0.5) is 5.69 Å². The first-order valence-electron chi connectivity index (χ1n) is 14.5. The van der Waals surface area contributed by atoms with E-state index in [1.165, 1.54) is 17.8 Å². The van der Waals surface area contributed by atoms with E-state index >= 15 is 0 Å². The van der Waals surface area contributed by atoms with Crippen molar-refractivity contribution in [3.05, 3.63) is 136 Å². The van der Waals surface area contributed by atoms with Gasteiger partial charge in [-0.2, -0.15) is 0 Å². The Hall–Kier alpha value is -5.26. The normalized spacial score (nSPS) is 12.0. The molecule has 0 unspecified atom stereocenters. The molecule has 236 valence electrons. The number of carbonyl (C=O) groups excluding carboxylic acids is 3. The predicted octanol–water partition coefficient (Wildman–Crippen LogP) is 7.26. The number of benzene rings is 4. The molecule has 0 radical (unpaired) electrons. The lowest BCUT2D eigenvalue weighted by molar-refractivity contribution is -0.118. The van der Waals surface area contributed by atoms with Crippen molar-refractivity contribution in [3.63, 3.8) is 0 Å². The minimum Gasteiger partial charge on any atom is -0.457 e. The van der Waals surface area contributed by atoms with Gasteiger partial charge in [0.25, 0.3) is 11.8 Å². The first kappa shape index (κ1) is 31.7. The molecule has 0 saturated heterocycles. The van der Waals surface area contributed by atoms with Gasteiger partial charge >= 0.3 is 0 Å². The molecule has 0 fully saturated rings. The average Bonchev–Trinajstić information content (AvgIpc) is 3.77. The lowest BCUT2D eigenvalue weighted by Gasteiger charge is -2.11. The summed E-state index contributed by atoms with van der Waals surface area (Å²) in [6.07, 6.45) is 1.49. The first-order chi connectivity index (χ1) is 22.9. The number of fused-ring (bicyclic) bond motifs is 1. The summed E-state index contributed by atoms with van der Waals surface area (Å²) in [6.45, 7) is 0.577. The maximum absolute atomic E-state index is 13.4. The van der Waals surface area contributed by atoms with Gasteiger partial charge in [0.1, 0.15) is 17.2 Å². The Balaban J connectivity index is 1.08. The number of amides is 3. The Labute approximate surface area is 283 Å². The fourth-order valence-corrected chi connectivity index (χ4v) is 5.56. The number of anilines is 1. The van der Waals surface area contributed by atoms with Crippen LogP contribution in [0.5, 0.6) is 11.5 Å². The molecule has 47 heavy (non-hydrogen) atoms. The number of thioether (sulfide) groups is 1. The van der Waals surface area contributed by atoms with Crippen molar-refractivity contribution in [1.29, 1.82) is 0 Å². The summed E-state index contributed by atoms with van der Waals surface area (Å²) in [5.41, 5.74) is 2.71. The van der Waals surface area contributed by atoms with Crippen LogP contribution in [0, 0.1) is 0 Å². The number of ether oxygens (including phenoxy) is 2. The van der Waals surface area contributed by atoms with Crippen LogP contribution in [0.3, 0.4) is 0 Å². The van der Waals surface area contributed by atoms with Crippen LogP contribution in [0.15, 0.2) is 129 Å². The minimum atomic E-state index is -0.529. The highest BCUT2D eigenvalue weighted by molar-refractivity contribution is 9.10. The van der Waals surface area contributed by atoms with Crippen molar-refractivity contribution in [2.24, 2.45) is 0 Å². The third kappa shape index (κ3) is 8.51. The quantitative estimate of drug-likeness (QED) is 0.0976. The lowest BCUT2D eigenvalue weighted by atomic mass is 10.2. The number of halogens is 1.